The average Bonchev–Trinajstić information content (AvgIpc) is 2.73. The van der Waals surface area contributed by atoms with Crippen LogP contribution in [0.25, 0.3) is 16.7 Å². The van der Waals surface area contributed by atoms with E-state index in [1.54, 1.807) is 4.80 Å². The molecule has 0 spiro atoms. The molecule has 3 nitrogen and oxygen atoms in total. The van der Waals surface area contributed by atoms with Gasteiger partial charge in [-0.3, -0.25) is 0 Å². The number of para-hydroxylation sites is 1. The molecule has 2 aromatic carbocycles. The zero-order valence-corrected chi connectivity index (χ0v) is 13.0. The molecule has 1 heterocycles. The summed E-state index contributed by atoms with van der Waals surface area (Å²) in [6, 6.07) is 15.5. The fraction of sp³-hybridized carbons (Fsp3) is 0. The summed E-state index contributed by atoms with van der Waals surface area (Å²) in [5, 5.41) is 8.80. The van der Waals surface area contributed by atoms with Crippen molar-refractivity contribution in [2.45, 2.75) is 4.90 Å². The summed E-state index contributed by atoms with van der Waals surface area (Å²) in [5.41, 5.74) is 2.67. The van der Waals surface area contributed by atoms with Crippen molar-refractivity contribution in [3.05, 3.63) is 48.5 Å². The van der Waals surface area contributed by atoms with E-state index in [2.05, 4.69) is 22.8 Å². The monoisotopic (exact) mass is 291 g/mol. The van der Waals surface area contributed by atoms with Crippen molar-refractivity contribution >= 4 is 23.7 Å². The Labute approximate surface area is 117 Å². The standard InChI is InChI=1S/C12H9N3S.Zn/c16-12-8-4-3-7-11(12)15-13-9-5-1-2-6-10(9)14-15;/h1-8,16H;/q;+2. The van der Waals surface area contributed by atoms with Crippen molar-refractivity contribution in [1.29, 1.82) is 0 Å². The van der Waals surface area contributed by atoms with E-state index in [1.807, 2.05) is 48.5 Å². The van der Waals surface area contributed by atoms with Gasteiger partial charge in [0.25, 0.3) is 0 Å². The second-order valence-electron chi connectivity index (χ2n) is 3.47. The first-order valence-corrected chi connectivity index (χ1v) is 5.40. The molecular weight excluding hydrogens is 284 g/mol. The molecule has 3 aromatic rings. The van der Waals surface area contributed by atoms with Crippen LogP contribution in [-0.4, -0.2) is 15.0 Å². The SMILES string of the molecule is Sc1ccccc1-n1nc2ccccc2n1.[Zn+2]. The maximum absolute atomic E-state index is 4.40. The minimum Gasteiger partial charge on any atom is -0.149 e. The number of benzene rings is 2. The van der Waals surface area contributed by atoms with Gasteiger partial charge in [0.15, 0.2) is 0 Å². The second-order valence-corrected chi connectivity index (χ2v) is 3.95. The van der Waals surface area contributed by atoms with E-state index in [-0.39, 0.29) is 19.5 Å². The van der Waals surface area contributed by atoms with Crippen molar-refractivity contribution in [3.63, 3.8) is 0 Å². The number of thiol groups is 1. The van der Waals surface area contributed by atoms with Crippen LogP contribution in [0.5, 0.6) is 0 Å². The fourth-order valence-electron chi connectivity index (χ4n) is 1.60. The van der Waals surface area contributed by atoms with Gasteiger partial charge < -0.3 is 0 Å². The minimum atomic E-state index is 0. The summed E-state index contributed by atoms with van der Waals surface area (Å²) in [6.45, 7) is 0. The first-order chi connectivity index (χ1) is 7.84. The zero-order valence-electron chi connectivity index (χ0n) is 9.11. The van der Waals surface area contributed by atoms with E-state index in [0.717, 1.165) is 21.6 Å². The Bertz CT molecular complexity index is 618. The number of rotatable bonds is 1. The van der Waals surface area contributed by atoms with Gasteiger partial charge >= 0.3 is 19.5 Å². The Balaban J connectivity index is 0.00000108. The Morgan fingerprint density at radius 2 is 1.35 bits per heavy atom. The van der Waals surface area contributed by atoms with Gasteiger partial charge in [-0.25, -0.2) is 0 Å². The molecule has 0 unspecified atom stereocenters. The van der Waals surface area contributed by atoms with Crippen LogP contribution in [0.4, 0.5) is 0 Å². The summed E-state index contributed by atoms with van der Waals surface area (Å²) >= 11 is 4.39. The molecule has 1 aromatic heterocycles. The predicted octanol–water partition coefficient (Wildman–Crippen LogP) is 2.71. The number of nitrogens with zero attached hydrogens (tertiary/aromatic N) is 3. The number of fused-ring (bicyclic) bond motifs is 1. The van der Waals surface area contributed by atoms with Gasteiger partial charge in [0, 0.05) is 4.90 Å². The molecule has 0 N–H and O–H groups in total. The molecule has 0 aliphatic carbocycles. The number of hydrogen-bond donors (Lipinski definition) is 1. The molecule has 0 saturated heterocycles. The quantitative estimate of drug-likeness (QED) is 0.552. The Hall–Kier alpha value is -1.19. The molecule has 0 saturated carbocycles. The van der Waals surface area contributed by atoms with Crippen LogP contribution in [0.15, 0.2) is 53.4 Å². The van der Waals surface area contributed by atoms with Crippen LogP contribution in [0.1, 0.15) is 0 Å². The molecule has 17 heavy (non-hydrogen) atoms. The molecule has 5 heteroatoms. The van der Waals surface area contributed by atoms with Gasteiger partial charge in [0.2, 0.25) is 0 Å². The van der Waals surface area contributed by atoms with Crippen LogP contribution < -0.4 is 0 Å². The van der Waals surface area contributed by atoms with Gasteiger partial charge in [-0.05, 0) is 24.3 Å². The van der Waals surface area contributed by atoms with Crippen LogP contribution in [-0.2, 0) is 19.5 Å². The first kappa shape index (κ1) is 12.3. The molecule has 0 aliphatic rings. The van der Waals surface area contributed by atoms with Gasteiger partial charge in [-0.1, -0.05) is 24.3 Å². The second kappa shape index (κ2) is 4.98. The van der Waals surface area contributed by atoms with Crippen LogP contribution in [0.3, 0.4) is 0 Å². The van der Waals surface area contributed by atoms with Gasteiger partial charge in [0.05, 0.1) is 5.69 Å². The van der Waals surface area contributed by atoms with Gasteiger partial charge in [-0.15, -0.1) is 27.6 Å². The van der Waals surface area contributed by atoms with Crippen molar-refractivity contribution < 1.29 is 19.5 Å². The molecular formula is C12H9N3SZn+2. The van der Waals surface area contributed by atoms with Gasteiger partial charge in [-0.2, -0.15) is 0 Å². The molecule has 78 valence electrons. The number of aromatic nitrogens is 3. The molecule has 0 aliphatic heterocycles. The Kier molecular flexibility index (Phi) is 3.60. The van der Waals surface area contributed by atoms with Crippen molar-refractivity contribution in [1.82, 2.24) is 15.0 Å². The van der Waals surface area contributed by atoms with E-state index in [0.29, 0.717) is 0 Å². The summed E-state index contributed by atoms with van der Waals surface area (Å²) in [5.74, 6) is 0. The normalized spacial score (nSPS) is 10.2. The van der Waals surface area contributed by atoms with E-state index in [9.17, 15) is 0 Å². The zero-order chi connectivity index (χ0) is 11.0. The Morgan fingerprint density at radius 3 is 1.94 bits per heavy atom. The van der Waals surface area contributed by atoms with Gasteiger partial charge in [0.1, 0.15) is 11.0 Å². The maximum atomic E-state index is 4.40. The van der Waals surface area contributed by atoms with E-state index < -0.39 is 0 Å². The summed E-state index contributed by atoms with van der Waals surface area (Å²) in [6.07, 6.45) is 0. The Morgan fingerprint density at radius 1 is 0.824 bits per heavy atom. The largest absolute Gasteiger partial charge is 2.00 e. The predicted molar refractivity (Wildman–Crippen MR) is 66.1 cm³/mol. The van der Waals surface area contributed by atoms with E-state index in [4.69, 9.17) is 0 Å². The maximum Gasteiger partial charge on any atom is 2.00 e. The third-order valence-electron chi connectivity index (χ3n) is 2.38. The van der Waals surface area contributed by atoms with Crippen molar-refractivity contribution in [2.24, 2.45) is 0 Å². The van der Waals surface area contributed by atoms with Crippen molar-refractivity contribution in [2.75, 3.05) is 0 Å². The van der Waals surface area contributed by atoms with Crippen LogP contribution >= 0.6 is 12.6 Å². The third-order valence-corrected chi connectivity index (χ3v) is 2.76. The fourth-order valence-corrected chi connectivity index (χ4v) is 1.85. The van der Waals surface area contributed by atoms with Crippen molar-refractivity contribution in [3.8, 4) is 5.69 Å². The smallest absolute Gasteiger partial charge is 0.149 e. The summed E-state index contributed by atoms with van der Waals surface area (Å²) in [4.78, 5) is 2.48. The minimum absolute atomic E-state index is 0. The molecule has 0 radical (unpaired) electrons. The van der Waals surface area contributed by atoms with Crippen LogP contribution in [0.2, 0.25) is 0 Å². The molecule has 3 rings (SSSR count). The summed E-state index contributed by atoms with van der Waals surface area (Å²) in [7, 11) is 0. The molecule has 0 bridgehead atoms. The first-order valence-electron chi connectivity index (χ1n) is 4.95. The molecule has 0 fully saturated rings. The number of hydrogen-bond acceptors (Lipinski definition) is 3. The summed E-state index contributed by atoms with van der Waals surface area (Å²) < 4.78 is 0. The third kappa shape index (κ3) is 2.26. The molecule has 0 amide bonds. The topological polar surface area (TPSA) is 30.7 Å². The van der Waals surface area contributed by atoms with E-state index >= 15 is 0 Å². The van der Waals surface area contributed by atoms with E-state index in [1.165, 1.54) is 0 Å². The average molecular weight is 293 g/mol. The molecule has 0 atom stereocenters. The van der Waals surface area contributed by atoms with Crippen LogP contribution in [0, 0.1) is 0 Å².